The molecule has 0 aliphatic carbocycles. The molecule has 2 N–H and O–H groups in total. The number of carbonyl (C=O) groups excluding carboxylic acids is 1. The summed E-state index contributed by atoms with van der Waals surface area (Å²) in [6, 6.07) is 14.9. The molecule has 1 fully saturated rings. The Morgan fingerprint density at radius 3 is 2.83 bits per heavy atom. The number of amides is 1. The number of rotatable bonds is 5. The van der Waals surface area contributed by atoms with Gasteiger partial charge in [0.1, 0.15) is 12.4 Å². The molecular formula is C18H19ClN2O2. The highest BCUT2D eigenvalue weighted by Gasteiger charge is 2.21. The molecule has 0 spiro atoms. The van der Waals surface area contributed by atoms with Crippen LogP contribution in [0, 0.1) is 0 Å². The maximum absolute atomic E-state index is 12.1. The molecule has 3 rings (SSSR count). The zero-order chi connectivity index (χ0) is 16.1. The van der Waals surface area contributed by atoms with Gasteiger partial charge in [-0.25, -0.2) is 0 Å². The summed E-state index contributed by atoms with van der Waals surface area (Å²) in [7, 11) is 0. The first-order chi connectivity index (χ1) is 11.2. The molecule has 1 aliphatic heterocycles. The maximum Gasteiger partial charge on any atom is 0.241 e. The molecule has 1 heterocycles. The second-order valence-electron chi connectivity index (χ2n) is 5.58. The van der Waals surface area contributed by atoms with Gasteiger partial charge in [0.2, 0.25) is 5.91 Å². The highest BCUT2D eigenvalue weighted by atomic mass is 35.5. The zero-order valence-electron chi connectivity index (χ0n) is 12.7. The summed E-state index contributed by atoms with van der Waals surface area (Å²) >= 11 is 5.87. The van der Waals surface area contributed by atoms with Gasteiger partial charge in [-0.15, -0.1) is 0 Å². The Morgan fingerprint density at radius 1 is 1.26 bits per heavy atom. The van der Waals surface area contributed by atoms with Gasteiger partial charge in [0.15, 0.2) is 0 Å². The van der Waals surface area contributed by atoms with Gasteiger partial charge >= 0.3 is 0 Å². The molecule has 23 heavy (non-hydrogen) atoms. The Labute approximate surface area is 140 Å². The van der Waals surface area contributed by atoms with Crippen LogP contribution < -0.4 is 15.4 Å². The van der Waals surface area contributed by atoms with E-state index in [9.17, 15) is 4.79 Å². The maximum atomic E-state index is 12.1. The molecule has 1 aliphatic rings. The number of anilines is 1. The van der Waals surface area contributed by atoms with Gasteiger partial charge in [0.25, 0.3) is 0 Å². The van der Waals surface area contributed by atoms with Crippen molar-refractivity contribution in [2.75, 3.05) is 11.9 Å². The van der Waals surface area contributed by atoms with Gasteiger partial charge in [-0.05, 0) is 49.2 Å². The van der Waals surface area contributed by atoms with E-state index in [4.69, 9.17) is 16.3 Å². The molecule has 2 aromatic rings. The predicted molar refractivity (Wildman–Crippen MR) is 91.9 cm³/mol. The fraction of sp³-hybridized carbons (Fsp3) is 0.278. The van der Waals surface area contributed by atoms with E-state index in [1.54, 1.807) is 0 Å². The van der Waals surface area contributed by atoms with E-state index in [-0.39, 0.29) is 11.9 Å². The third kappa shape index (κ3) is 4.47. The summed E-state index contributed by atoms with van der Waals surface area (Å²) in [5.74, 6) is 0.731. The van der Waals surface area contributed by atoms with Crippen LogP contribution in [0.15, 0.2) is 48.5 Å². The van der Waals surface area contributed by atoms with E-state index >= 15 is 0 Å². The van der Waals surface area contributed by atoms with Crippen molar-refractivity contribution in [1.29, 1.82) is 0 Å². The van der Waals surface area contributed by atoms with E-state index in [2.05, 4.69) is 10.6 Å². The van der Waals surface area contributed by atoms with Crippen LogP contribution in [0.5, 0.6) is 5.75 Å². The molecule has 1 saturated heterocycles. The summed E-state index contributed by atoms with van der Waals surface area (Å²) in [5.41, 5.74) is 1.79. The molecule has 1 atom stereocenters. The first kappa shape index (κ1) is 15.8. The highest BCUT2D eigenvalue weighted by Crippen LogP contribution is 2.20. The number of nitrogens with one attached hydrogen (secondary N) is 2. The van der Waals surface area contributed by atoms with Crippen molar-refractivity contribution in [3.63, 3.8) is 0 Å². The molecule has 4 nitrogen and oxygen atoms in total. The molecule has 1 unspecified atom stereocenters. The van der Waals surface area contributed by atoms with Crippen LogP contribution in [-0.2, 0) is 11.4 Å². The lowest BCUT2D eigenvalue weighted by Gasteiger charge is -2.12. The lowest BCUT2D eigenvalue weighted by molar-refractivity contribution is -0.117. The van der Waals surface area contributed by atoms with E-state index in [1.165, 1.54) is 0 Å². The molecule has 0 saturated carbocycles. The van der Waals surface area contributed by atoms with Crippen molar-refractivity contribution < 1.29 is 9.53 Å². The molecule has 120 valence electrons. The molecule has 0 radical (unpaired) electrons. The Bertz CT molecular complexity index is 667. The van der Waals surface area contributed by atoms with Crippen molar-refractivity contribution in [2.24, 2.45) is 0 Å². The lowest BCUT2D eigenvalue weighted by atomic mass is 10.2. The monoisotopic (exact) mass is 330 g/mol. The van der Waals surface area contributed by atoms with Crippen molar-refractivity contribution in [1.82, 2.24) is 5.32 Å². The summed E-state index contributed by atoms with van der Waals surface area (Å²) in [5, 5.41) is 6.83. The second kappa shape index (κ2) is 7.49. The van der Waals surface area contributed by atoms with Crippen molar-refractivity contribution in [3.05, 3.63) is 59.1 Å². The molecule has 5 heteroatoms. The number of hydrogen-bond acceptors (Lipinski definition) is 3. The second-order valence-corrected chi connectivity index (χ2v) is 6.02. The number of hydrogen-bond donors (Lipinski definition) is 2. The van der Waals surface area contributed by atoms with Crippen LogP contribution in [0.25, 0.3) is 0 Å². The van der Waals surface area contributed by atoms with Crippen LogP contribution >= 0.6 is 11.6 Å². The minimum Gasteiger partial charge on any atom is -0.489 e. The van der Waals surface area contributed by atoms with Crippen molar-refractivity contribution in [3.8, 4) is 5.75 Å². The molecule has 0 bridgehead atoms. The average Bonchev–Trinajstić information content (AvgIpc) is 3.09. The number of halogens is 1. The Hall–Kier alpha value is -2.04. The summed E-state index contributed by atoms with van der Waals surface area (Å²) in [6.45, 7) is 1.36. The minimum absolute atomic E-state index is 0.0114. The largest absolute Gasteiger partial charge is 0.489 e. The fourth-order valence-corrected chi connectivity index (χ4v) is 2.67. The quantitative estimate of drug-likeness (QED) is 0.880. The summed E-state index contributed by atoms with van der Waals surface area (Å²) in [4.78, 5) is 12.1. The van der Waals surface area contributed by atoms with Crippen molar-refractivity contribution >= 4 is 23.2 Å². The van der Waals surface area contributed by atoms with E-state index in [0.717, 1.165) is 36.4 Å². The summed E-state index contributed by atoms with van der Waals surface area (Å²) < 4.78 is 5.77. The molecule has 2 aromatic carbocycles. The highest BCUT2D eigenvalue weighted by molar-refractivity contribution is 6.30. The van der Waals surface area contributed by atoms with Gasteiger partial charge in [-0.3, -0.25) is 4.79 Å². The first-order valence-corrected chi connectivity index (χ1v) is 8.10. The van der Waals surface area contributed by atoms with Gasteiger partial charge in [0, 0.05) is 16.8 Å². The molecule has 0 aromatic heterocycles. The Morgan fingerprint density at radius 2 is 2.09 bits per heavy atom. The van der Waals surface area contributed by atoms with E-state index in [1.807, 2.05) is 48.5 Å². The van der Waals surface area contributed by atoms with Crippen LogP contribution in [-0.4, -0.2) is 18.5 Å². The SMILES string of the molecule is O=C(Nc1cccc(OCc2ccc(Cl)cc2)c1)C1CCCN1. The normalized spacial score (nSPS) is 17.0. The number of ether oxygens (including phenoxy) is 1. The summed E-state index contributed by atoms with van der Waals surface area (Å²) in [6.07, 6.45) is 1.93. The third-order valence-electron chi connectivity index (χ3n) is 3.80. The van der Waals surface area contributed by atoms with Gasteiger partial charge < -0.3 is 15.4 Å². The van der Waals surface area contributed by atoms with E-state index < -0.39 is 0 Å². The average molecular weight is 331 g/mol. The van der Waals surface area contributed by atoms with Gasteiger partial charge in [-0.1, -0.05) is 29.8 Å². The van der Waals surface area contributed by atoms with Crippen LogP contribution in [0.3, 0.4) is 0 Å². The van der Waals surface area contributed by atoms with Crippen molar-refractivity contribution in [2.45, 2.75) is 25.5 Å². The molecular weight excluding hydrogens is 312 g/mol. The Kier molecular flexibility index (Phi) is 5.16. The standard InChI is InChI=1S/C18H19ClN2O2/c19-14-8-6-13(7-9-14)12-23-16-4-1-3-15(11-16)21-18(22)17-5-2-10-20-17/h1,3-4,6-9,11,17,20H,2,5,10,12H2,(H,21,22). The van der Waals surface area contributed by atoms with Gasteiger partial charge in [0.05, 0.1) is 6.04 Å². The topological polar surface area (TPSA) is 50.4 Å². The molecule has 1 amide bonds. The third-order valence-corrected chi connectivity index (χ3v) is 4.05. The Balaban J connectivity index is 1.58. The lowest BCUT2D eigenvalue weighted by Crippen LogP contribution is -2.35. The van der Waals surface area contributed by atoms with Gasteiger partial charge in [-0.2, -0.15) is 0 Å². The first-order valence-electron chi connectivity index (χ1n) is 7.72. The number of benzene rings is 2. The van der Waals surface area contributed by atoms with Crippen LogP contribution in [0.2, 0.25) is 5.02 Å². The minimum atomic E-state index is -0.0892. The van der Waals surface area contributed by atoms with E-state index in [0.29, 0.717) is 11.6 Å². The van der Waals surface area contributed by atoms with Crippen LogP contribution in [0.1, 0.15) is 18.4 Å². The predicted octanol–water partition coefficient (Wildman–Crippen LogP) is 3.61. The number of carbonyl (C=O) groups is 1. The zero-order valence-corrected chi connectivity index (χ0v) is 13.5. The fourth-order valence-electron chi connectivity index (χ4n) is 2.55. The smallest absolute Gasteiger partial charge is 0.241 e. The van der Waals surface area contributed by atoms with Crippen LogP contribution in [0.4, 0.5) is 5.69 Å².